The molecule has 0 atom stereocenters. The summed E-state index contributed by atoms with van der Waals surface area (Å²) < 4.78 is 5.20. The Labute approximate surface area is 92.4 Å². The fourth-order valence-electron chi connectivity index (χ4n) is 2.51. The van der Waals surface area contributed by atoms with Crippen LogP contribution in [0.5, 0.6) is 0 Å². The summed E-state index contributed by atoms with van der Waals surface area (Å²) >= 11 is 0. The molecule has 88 valence electrons. The predicted octanol–water partition coefficient (Wildman–Crippen LogP) is 2.24. The second-order valence-corrected chi connectivity index (χ2v) is 4.45. The van der Waals surface area contributed by atoms with Gasteiger partial charge in [0.1, 0.15) is 0 Å². The molecule has 3 heteroatoms. The summed E-state index contributed by atoms with van der Waals surface area (Å²) in [6, 6.07) is 0. The molecule has 0 bridgehead atoms. The standard InChI is InChI=1S/C12H23NO2/c1-2-15-11(14)12(9-6-10-13)7-4-3-5-8-12/h2-10,13H2,1H3. The van der Waals surface area contributed by atoms with E-state index < -0.39 is 0 Å². The Hall–Kier alpha value is -0.570. The Bertz CT molecular complexity index is 198. The van der Waals surface area contributed by atoms with Gasteiger partial charge >= 0.3 is 5.97 Å². The number of carbonyl (C=O) groups excluding carboxylic acids is 1. The molecule has 0 radical (unpaired) electrons. The third-order valence-electron chi connectivity index (χ3n) is 3.38. The lowest BCUT2D eigenvalue weighted by atomic mass is 9.71. The van der Waals surface area contributed by atoms with E-state index in [0.717, 1.165) is 38.5 Å². The Balaban J connectivity index is 2.61. The number of esters is 1. The van der Waals surface area contributed by atoms with Gasteiger partial charge in [-0.2, -0.15) is 0 Å². The smallest absolute Gasteiger partial charge is 0.312 e. The van der Waals surface area contributed by atoms with E-state index in [-0.39, 0.29) is 11.4 Å². The lowest BCUT2D eigenvalue weighted by Crippen LogP contribution is -2.35. The van der Waals surface area contributed by atoms with Crippen LogP contribution in [0.3, 0.4) is 0 Å². The number of hydrogen-bond acceptors (Lipinski definition) is 3. The van der Waals surface area contributed by atoms with Gasteiger partial charge in [-0.25, -0.2) is 0 Å². The third kappa shape index (κ3) is 3.20. The SMILES string of the molecule is CCOC(=O)C1(CCCN)CCCCC1. The van der Waals surface area contributed by atoms with Gasteiger partial charge < -0.3 is 10.5 Å². The van der Waals surface area contributed by atoms with Gasteiger partial charge in [0.15, 0.2) is 0 Å². The van der Waals surface area contributed by atoms with Gasteiger partial charge in [0.05, 0.1) is 12.0 Å². The minimum absolute atomic E-state index is 0.0122. The van der Waals surface area contributed by atoms with Gasteiger partial charge in [-0.1, -0.05) is 19.3 Å². The van der Waals surface area contributed by atoms with Crippen molar-refractivity contribution in [2.45, 2.75) is 51.9 Å². The maximum absolute atomic E-state index is 12.0. The average molecular weight is 213 g/mol. The quantitative estimate of drug-likeness (QED) is 0.712. The van der Waals surface area contributed by atoms with Crippen molar-refractivity contribution in [1.29, 1.82) is 0 Å². The summed E-state index contributed by atoms with van der Waals surface area (Å²) in [5.41, 5.74) is 5.33. The van der Waals surface area contributed by atoms with Crippen LogP contribution in [0.15, 0.2) is 0 Å². The van der Waals surface area contributed by atoms with Gasteiger partial charge in [0.25, 0.3) is 0 Å². The second-order valence-electron chi connectivity index (χ2n) is 4.45. The predicted molar refractivity (Wildman–Crippen MR) is 60.4 cm³/mol. The fourth-order valence-corrected chi connectivity index (χ4v) is 2.51. The van der Waals surface area contributed by atoms with Gasteiger partial charge in [-0.3, -0.25) is 4.79 Å². The molecule has 1 aliphatic rings. The van der Waals surface area contributed by atoms with E-state index in [9.17, 15) is 4.79 Å². The first kappa shape index (κ1) is 12.5. The molecule has 1 rings (SSSR count). The maximum Gasteiger partial charge on any atom is 0.312 e. The molecule has 0 spiro atoms. The van der Waals surface area contributed by atoms with E-state index in [4.69, 9.17) is 10.5 Å². The van der Waals surface area contributed by atoms with Crippen LogP contribution in [-0.2, 0) is 9.53 Å². The highest BCUT2D eigenvalue weighted by Gasteiger charge is 2.39. The summed E-state index contributed by atoms with van der Waals surface area (Å²) in [6.07, 6.45) is 7.38. The molecule has 3 nitrogen and oxygen atoms in total. The van der Waals surface area contributed by atoms with Crippen LogP contribution in [-0.4, -0.2) is 19.1 Å². The highest BCUT2D eigenvalue weighted by Crippen LogP contribution is 2.41. The zero-order chi connectivity index (χ0) is 11.1. The van der Waals surface area contributed by atoms with Gasteiger partial charge in [-0.05, 0) is 39.2 Å². The highest BCUT2D eigenvalue weighted by atomic mass is 16.5. The Morgan fingerprint density at radius 1 is 1.33 bits per heavy atom. The summed E-state index contributed by atoms with van der Waals surface area (Å²) in [5, 5.41) is 0. The molecule has 1 saturated carbocycles. The van der Waals surface area contributed by atoms with E-state index in [1.54, 1.807) is 0 Å². The number of ether oxygens (including phenoxy) is 1. The van der Waals surface area contributed by atoms with Crippen molar-refractivity contribution in [1.82, 2.24) is 0 Å². The van der Waals surface area contributed by atoms with E-state index in [1.165, 1.54) is 6.42 Å². The van der Waals surface area contributed by atoms with Crippen LogP contribution in [0.1, 0.15) is 51.9 Å². The monoisotopic (exact) mass is 213 g/mol. The molecule has 0 unspecified atom stereocenters. The first-order chi connectivity index (χ1) is 7.25. The van der Waals surface area contributed by atoms with E-state index in [2.05, 4.69) is 0 Å². The van der Waals surface area contributed by atoms with Crippen molar-refractivity contribution in [3.8, 4) is 0 Å². The van der Waals surface area contributed by atoms with Crippen LogP contribution < -0.4 is 5.73 Å². The van der Waals surface area contributed by atoms with Crippen molar-refractivity contribution >= 4 is 5.97 Å². The Morgan fingerprint density at radius 2 is 2.00 bits per heavy atom. The molecule has 1 aliphatic carbocycles. The van der Waals surface area contributed by atoms with Gasteiger partial charge in [0, 0.05) is 0 Å². The van der Waals surface area contributed by atoms with Crippen molar-refractivity contribution in [2.24, 2.45) is 11.1 Å². The second kappa shape index (κ2) is 6.11. The van der Waals surface area contributed by atoms with Gasteiger partial charge in [0.2, 0.25) is 0 Å². The van der Waals surface area contributed by atoms with E-state index >= 15 is 0 Å². The largest absolute Gasteiger partial charge is 0.466 e. The third-order valence-corrected chi connectivity index (χ3v) is 3.38. The molecule has 0 aromatic carbocycles. The average Bonchev–Trinajstić information content (AvgIpc) is 2.28. The lowest BCUT2D eigenvalue weighted by Gasteiger charge is -2.34. The number of rotatable bonds is 5. The van der Waals surface area contributed by atoms with Crippen LogP contribution in [0, 0.1) is 5.41 Å². The number of carbonyl (C=O) groups is 1. The molecular weight excluding hydrogens is 190 g/mol. The van der Waals surface area contributed by atoms with Crippen LogP contribution in [0.4, 0.5) is 0 Å². The summed E-state index contributed by atoms with van der Waals surface area (Å²) in [6.45, 7) is 3.03. The molecular formula is C12H23NO2. The molecule has 0 saturated heterocycles. The van der Waals surface area contributed by atoms with Gasteiger partial charge in [-0.15, -0.1) is 0 Å². The molecule has 0 aromatic heterocycles. The normalized spacial score (nSPS) is 19.9. The summed E-state index contributed by atoms with van der Waals surface area (Å²) in [7, 11) is 0. The van der Waals surface area contributed by atoms with Crippen molar-refractivity contribution in [3.05, 3.63) is 0 Å². The Morgan fingerprint density at radius 3 is 2.53 bits per heavy atom. The zero-order valence-electron chi connectivity index (χ0n) is 9.76. The van der Waals surface area contributed by atoms with E-state index in [0.29, 0.717) is 13.2 Å². The van der Waals surface area contributed by atoms with Crippen molar-refractivity contribution in [3.63, 3.8) is 0 Å². The van der Waals surface area contributed by atoms with Crippen molar-refractivity contribution in [2.75, 3.05) is 13.2 Å². The van der Waals surface area contributed by atoms with Crippen LogP contribution >= 0.6 is 0 Å². The summed E-state index contributed by atoms with van der Waals surface area (Å²) in [5.74, 6) is 0.0122. The molecule has 0 aromatic rings. The van der Waals surface area contributed by atoms with Crippen LogP contribution in [0.2, 0.25) is 0 Å². The molecule has 0 aliphatic heterocycles. The lowest BCUT2D eigenvalue weighted by molar-refractivity contribution is -0.158. The zero-order valence-corrected chi connectivity index (χ0v) is 9.76. The molecule has 15 heavy (non-hydrogen) atoms. The molecule has 1 fully saturated rings. The summed E-state index contributed by atoms with van der Waals surface area (Å²) in [4.78, 5) is 12.0. The van der Waals surface area contributed by atoms with Crippen LogP contribution in [0.25, 0.3) is 0 Å². The first-order valence-corrected chi connectivity index (χ1v) is 6.12. The Kier molecular flexibility index (Phi) is 5.09. The minimum Gasteiger partial charge on any atom is -0.466 e. The highest BCUT2D eigenvalue weighted by molar-refractivity contribution is 5.76. The maximum atomic E-state index is 12.0. The number of nitrogens with two attached hydrogens (primary N) is 1. The fraction of sp³-hybridized carbons (Fsp3) is 0.917. The van der Waals surface area contributed by atoms with E-state index in [1.807, 2.05) is 6.92 Å². The first-order valence-electron chi connectivity index (χ1n) is 6.12. The number of hydrogen-bond donors (Lipinski definition) is 1. The topological polar surface area (TPSA) is 52.3 Å². The van der Waals surface area contributed by atoms with Crippen molar-refractivity contribution < 1.29 is 9.53 Å². The molecule has 0 heterocycles. The molecule has 2 N–H and O–H groups in total. The minimum atomic E-state index is -0.201. The molecule has 0 amide bonds.